The molecule has 0 radical (unpaired) electrons. The summed E-state index contributed by atoms with van der Waals surface area (Å²) in [6.45, 7) is 1.57. The van der Waals surface area contributed by atoms with Crippen molar-refractivity contribution in [2.45, 2.75) is 31.7 Å². The second kappa shape index (κ2) is 24.8. The Kier molecular flexibility index (Phi) is 20.6. The molecule has 5 rings (SSSR count). The van der Waals surface area contributed by atoms with Crippen LogP contribution < -0.4 is 29.6 Å². The van der Waals surface area contributed by atoms with E-state index in [1.54, 1.807) is 28.4 Å². The molecule has 306 valence electrons. The van der Waals surface area contributed by atoms with Crippen molar-refractivity contribution < 1.29 is 63.3 Å². The molecule has 17 heteroatoms. The zero-order valence-corrected chi connectivity index (χ0v) is 34.7. The van der Waals surface area contributed by atoms with Gasteiger partial charge in [-0.1, -0.05) is 62.2 Å². The van der Waals surface area contributed by atoms with E-state index in [1.165, 1.54) is 16.7 Å². The summed E-state index contributed by atoms with van der Waals surface area (Å²) in [5.41, 5.74) is 6.04. The molecule has 15 nitrogen and oxygen atoms in total. The minimum absolute atomic E-state index is 0.0172. The molecule has 0 bridgehead atoms. The van der Waals surface area contributed by atoms with E-state index in [0.29, 0.717) is 30.5 Å². The second-order valence-electron chi connectivity index (χ2n) is 11.8. The Balaban J connectivity index is 0.000000307. The number of fused-ring (bicyclic) bond motifs is 1. The Morgan fingerprint density at radius 3 is 1.68 bits per heavy atom. The molecule has 57 heavy (non-hydrogen) atoms. The van der Waals surface area contributed by atoms with Crippen LogP contribution in [0.25, 0.3) is 0 Å². The van der Waals surface area contributed by atoms with Crippen molar-refractivity contribution in [2.75, 3.05) is 41.5 Å². The molecule has 1 unspecified atom stereocenters. The van der Waals surface area contributed by atoms with Gasteiger partial charge in [-0.2, -0.15) is 0 Å². The maximum absolute atomic E-state index is 12.0. The molecular weight excluding hydrogens is 876 g/mol. The Bertz CT molecular complexity index is 1940. The highest BCUT2D eigenvalue weighted by Gasteiger charge is 2.23. The third-order valence-electron chi connectivity index (χ3n) is 7.94. The highest BCUT2D eigenvalue weighted by atomic mass is 79.9. The van der Waals surface area contributed by atoms with E-state index in [2.05, 4.69) is 78.9 Å². The molecule has 0 spiro atoms. The summed E-state index contributed by atoms with van der Waals surface area (Å²) in [5.74, 6) is -4.27. The van der Waals surface area contributed by atoms with Crippen LogP contribution in [-0.4, -0.2) is 91.7 Å². The molecular formula is C40H44Br2N2O13. The molecule has 4 aromatic carbocycles. The van der Waals surface area contributed by atoms with Crippen molar-refractivity contribution in [3.05, 3.63) is 116 Å². The number of carbonyl (C=O) groups excluding carboxylic acids is 1. The number of ether oxygens (including phenoxy) is 4. The highest BCUT2D eigenvalue weighted by Crippen LogP contribution is 2.36. The Morgan fingerprint density at radius 2 is 1.16 bits per heavy atom. The summed E-state index contributed by atoms with van der Waals surface area (Å²) in [6, 6.07) is 26.6. The van der Waals surface area contributed by atoms with E-state index in [1.807, 2.05) is 42.5 Å². The summed E-state index contributed by atoms with van der Waals surface area (Å²) in [5, 5.41) is 36.1. The number of rotatable bonds is 11. The lowest BCUT2D eigenvalue weighted by Gasteiger charge is -2.28. The molecule has 1 atom stereocenters. The summed E-state index contributed by atoms with van der Waals surface area (Å²) >= 11 is 6.95. The smallest absolute Gasteiger partial charge is 0.414 e. The summed E-state index contributed by atoms with van der Waals surface area (Å²) in [6.07, 6.45) is 3.10. The number of amides is 1. The number of carbonyl (C=O) groups is 5. The zero-order valence-electron chi connectivity index (χ0n) is 31.5. The first-order valence-electron chi connectivity index (χ1n) is 17.0. The van der Waals surface area contributed by atoms with Gasteiger partial charge in [-0.25, -0.2) is 19.2 Å². The van der Waals surface area contributed by atoms with Crippen molar-refractivity contribution in [2.24, 2.45) is 0 Å². The van der Waals surface area contributed by atoms with Crippen LogP contribution in [0.2, 0.25) is 0 Å². The van der Waals surface area contributed by atoms with Gasteiger partial charge in [0.05, 0.1) is 34.9 Å². The second-order valence-corrected chi connectivity index (χ2v) is 13.6. The first-order valence-corrected chi connectivity index (χ1v) is 18.6. The minimum atomic E-state index is -1.82. The molecule has 0 saturated heterocycles. The monoisotopic (exact) mass is 918 g/mol. The fourth-order valence-electron chi connectivity index (χ4n) is 5.33. The summed E-state index contributed by atoms with van der Waals surface area (Å²) in [7, 11) is 6.59. The SMILES string of the molecule is COc1cc2c(cc1OC)C(Cc1cccc(Br)c1)NCC2.COc1ccc(CCNC(=O)Cc2cccc(Br)c2)cc1OC.O=C(O)C(=O)O.O=C(O)C(=O)O. The highest BCUT2D eigenvalue weighted by molar-refractivity contribution is 9.10. The standard InChI is InChI=1S/C18H20BrNO3.C18H20BrNO2.2C2H2O4/c1-22-16-7-6-13(11-17(16)23-2)8-9-20-18(21)12-14-4-3-5-15(19)10-14;1-21-17-10-13-6-7-20-16(15(13)11-18(17)22-2)9-12-4-3-5-14(19)8-12;2*3-1(4)2(5)6/h3-7,10-11H,8-9,12H2,1-2H3,(H,20,21);3-5,8,10-11,16,20H,6-7,9H2,1-2H3;2*(H,3,4)(H,5,6). The number of benzene rings is 4. The zero-order chi connectivity index (χ0) is 42.5. The Hall–Kier alpha value is -5.65. The van der Waals surface area contributed by atoms with Gasteiger partial charge in [-0.05, 0) is 102 Å². The Morgan fingerprint density at radius 1 is 0.649 bits per heavy atom. The van der Waals surface area contributed by atoms with Gasteiger partial charge in [0, 0.05) is 21.5 Å². The van der Waals surface area contributed by atoms with Crippen molar-refractivity contribution in [1.82, 2.24) is 10.6 Å². The molecule has 0 aromatic heterocycles. The van der Waals surface area contributed by atoms with Gasteiger partial charge in [0.1, 0.15) is 0 Å². The van der Waals surface area contributed by atoms with Crippen molar-refractivity contribution in [3.8, 4) is 23.0 Å². The molecule has 0 aliphatic carbocycles. The lowest BCUT2D eigenvalue weighted by atomic mass is 9.90. The van der Waals surface area contributed by atoms with E-state index in [-0.39, 0.29) is 5.91 Å². The van der Waals surface area contributed by atoms with Gasteiger partial charge in [0.2, 0.25) is 5.91 Å². The first-order chi connectivity index (χ1) is 27.1. The van der Waals surface area contributed by atoms with Gasteiger partial charge in [0.25, 0.3) is 0 Å². The molecule has 1 aliphatic heterocycles. The largest absolute Gasteiger partial charge is 0.493 e. The number of carboxylic acid groups (broad SMARTS) is 4. The average Bonchev–Trinajstić information content (AvgIpc) is 3.18. The van der Waals surface area contributed by atoms with Crippen LogP contribution in [0.15, 0.2) is 87.8 Å². The van der Waals surface area contributed by atoms with Gasteiger partial charge < -0.3 is 50.0 Å². The quantitative estimate of drug-likeness (QED) is 0.101. The van der Waals surface area contributed by atoms with Gasteiger partial charge in [0.15, 0.2) is 23.0 Å². The molecule has 4 aromatic rings. The lowest BCUT2D eigenvalue weighted by Crippen LogP contribution is -2.31. The third kappa shape index (κ3) is 16.9. The van der Waals surface area contributed by atoms with Crippen LogP contribution >= 0.6 is 31.9 Å². The predicted octanol–water partition coefficient (Wildman–Crippen LogP) is 5.57. The van der Waals surface area contributed by atoms with Gasteiger partial charge in [-0.15, -0.1) is 0 Å². The van der Waals surface area contributed by atoms with Gasteiger partial charge >= 0.3 is 23.9 Å². The number of carboxylic acids is 4. The lowest BCUT2D eigenvalue weighted by molar-refractivity contribution is -0.159. The van der Waals surface area contributed by atoms with E-state index < -0.39 is 23.9 Å². The topological polar surface area (TPSA) is 227 Å². The third-order valence-corrected chi connectivity index (χ3v) is 8.92. The first kappa shape index (κ1) is 47.5. The van der Waals surface area contributed by atoms with Crippen LogP contribution in [0.5, 0.6) is 23.0 Å². The molecule has 6 N–H and O–H groups in total. The molecule has 1 aliphatic rings. The molecule has 0 saturated carbocycles. The van der Waals surface area contributed by atoms with Crippen LogP contribution in [0.1, 0.15) is 33.9 Å². The van der Waals surface area contributed by atoms with Crippen molar-refractivity contribution in [3.63, 3.8) is 0 Å². The van der Waals surface area contributed by atoms with Crippen molar-refractivity contribution >= 4 is 61.6 Å². The number of aliphatic carboxylic acids is 4. The van der Waals surface area contributed by atoms with E-state index in [4.69, 9.17) is 58.6 Å². The number of methoxy groups -OCH3 is 4. The average molecular weight is 921 g/mol. The summed E-state index contributed by atoms with van der Waals surface area (Å²) in [4.78, 5) is 48.4. The number of nitrogens with one attached hydrogen (secondary N) is 2. The number of hydrogen-bond donors (Lipinski definition) is 6. The minimum Gasteiger partial charge on any atom is -0.493 e. The van der Waals surface area contributed by atoms with E-state index in [0.717, 1.165) is 57.4 Å². The fourth-order valence-corrected chi connectivity index (χ4v) is 6.22. The van der Waals surface area contributed by atoms with Crippen LogP contribution in [-0.2, 0) is 49.7 Å². The van der Waals surface area contributed by atoms with Gasteiger partial charge in [-0.3, -0.25) is 4.79 Å². The fraction of sp³-hybridized carbons (Fsp3) is 0.275. The number of halogens is 2. The van der Waals surface area contributed by atoms with Crippen LogP contribution in [0.3, 0.4) is 0 Å². The van der Waals surface area contributed by atoms with Crippen LogP contribution in [0, 0.1) is 0 Å². The molecule has 1 heterocycles. The Labute approximate surface area is 346 Å². The maximum atomic E-state index is 12.0. The van der Waals surface area contributed by atoms with Crippen molar-refractivity contribution in [1.29, 1.82) is 0 Å². The molecule has 1 amide bonds. The normalized spacial score (nSPS) is 12.2. The van der Waals surface area contributed by atoms with Crippen LogP contribution in [0.4, 0.5) is 0 Å². The van der Waals surface area contributed by atoms with E-state index in [9.17, 15) is 4.79 Å². The number of hydrogen-bond acceptors (Lipinski definition) is 10. The van der Waals surface area contributed by atoms with E-state index >= 15 is 0 Å². The summed E-state index contributed by atoms with van der Waals surface area (Å²) < 4.78 is 23.5. The predicted molar refractivity (Wildman–Crippen MR) is 216 cm³/mol. The maximum Gasteiger partial charge on any atom is 0.414 e. The molecule has 0 fully saturated rings.